The highest BCUT2D eigenvalue weighted by molar-refractivity contribution is 14.1. The van der Waals surface area contributed by atoms with E-state index in [4.69, 9.17) is 21.7 Å². The lowest BCUT2D eigenvalue weighted by Crippen LogP contribution is -1.88. The Balaban J connectivity index is 0.000000354. The van der Waals surface area contributed by atoms with Crippen molar-refractivity contribution in [3.8, 4) is 24.2 Å². The first-order valence-electron chi connectivity index (χ1n) is 6.55. The van der Waals surface area contributed by atoms with Gasteiger partial charge in [-0.15, -0.1) is 6.42 Å². The van der Waals surface area contributed by atoms with Crippen LogP contribution in [0.5, 0.6) is 0 Å². The Labute approximate surface area is 150 Å². The summed E-state index contributed by atoms with van der Waals surface area (Å²) in [5, 5.41) is 16.0. The van der Waals surface area contributed by atoms with Crippen LogP contribution in [0.3, 0.4) is 0 Å². The van der Waals surface area contributed by atoms with E-state index in [0.29, 0.717) is 5.69 Å². The number of hydrogen-bond acceptors (Lipinski definition) is 4. The fraction of sp³-hybridized carbons (Fsp3) is 0.111. The second-order valence-corrected chi connectivity index (χ2v) is 5.09. The lowest BCUT2D eigenvalue weighted by atomic mass is 10.2. The molecule has 2 rings (SSSR count). The van der Waals surface area contributed by atoms with Crippen molar-refractivity contribution >= 4 is 34.0 Å². The summed E-state index contributed by atoms with van der Waals surface area (Å²) in [6, 6.07) is 15.1. The second kappa shape index (κ2) is 13.5. The van der Waals surface area contributed by atoms with Gasteiger partial charge in [-0.1, -0.05) is 42.0 Å². The van der Waals surface area contributed by atoms with Crippen molar-refractivity contribution in [3.05, 3.63) is 57.7 Å². The summed E-state index contributed by atoms with van der Waals surface area (Å²) >= 11 is 2.20. The second-order valence-electron chi connectivity index (χ2n) is 3.93. The molecule has 0 saturated carbocycles. The zero-order valence-corrected chi connectivity index (χ0v) is 14.7. The summed E-state index contributed by atoms with van der Waals surface area (Å²) < 4.78 is 1.12. The number of hydrogen-bond donors (Lipinski definition) is 4. The molecule has 0 bridgehead atoms. The fourth-order valence-electron chi connectivity index (χ4n) is 1.22. The first-order chi connectivity index (χ1) is 11.1. The molecule has 0 spiro atoms. The molecule has 23 heavy (non-hydrogen) atoms. The molecule has 0 atom stereocenters. The van der Waals surface area contributed by atoms with Gasteiger partial charge in [0.25, 0.3) is 0 Å². The van der Waals surface area contributed by atoms with E-state index >= 15 is 0 Å². The Kier molecular flexibility index (Phi) is 12.2. The van der Waals surface area contributed by atoms with Crippen LogP contribution in [0.4, 0.5) is 11.4 Å². The van der Waals surface area contributed by atoms with Crippen molar-refractivity contribution in [2.24, 2.45) is 0 Å². The van der Waals surface area contributed by atoms with E-state index < -0.39 is 0 Å². The van der Waals surface area contributed by atoms with E-state index in [0.717, 1.165) is 14.8 Å². The van der Waals surface area contributed by atoms with Crippen LogP contribution in [0.2, 0.25) is 0 Å². The molecule has 0 radical (unpaired) electrons. The SMILES string of the molecule is C#CCO.Nc1ccccc1C#CCO.Nc1ccccc1I. The van der Waals surface area contributed by atoms with E-state index in [1.54, 1.807) is 6.07 Å². The molecule has 0 amide bonds. The molecule has 0 heterocycles. The molecule has 0 aliphatic rings. The van der Waals surface area contributed by atoms with Gasteiger partial charge < -0.3 is 21.7 Å². The Bertz CT molecular complexity index is 664. The molecule has 2 aromatic rings. The van der Waals surface area contributed by atoms with Gasteiger partial charge in [0.05, 0.1) is 0 Å². The zero-order valence-electron chi connectivity index (χ0n) is 12.5. The fourth-order valence-corrected chi connectivity index (χ4v) is 1.61. The normalized spacial score (nSPS) is 8.09. The number of halogens is 1. The van der Waals surface area contributed by atoms with Crippen molar-refractivity contribution in [2.45, 2.75) is 0 Å². The van der Waals surface area contributed by atoms with Crippen LogP contribution in [0, 0.1) is 27.8 Å². The lowest BCUT2D eigenvalue weighted by Gasteiger charge is -1.94. The van der Waals surface area contributed by atoms with Gasteiger partial charge in [0.1, 0.15) is 13.2 Å². The standard InChI is InChI=1S/C9H9NO.C6H6IN.C3H4O/c10-9-6-2-1-4-8(9)5-3-7-11;7-5-3-1-2-4-6(5)8;1-2-3-4/h1-2,4,6,11H,7,10H2;1-4H,8H2;1,4H,3H2. The molecule has 0 saturated heterocycles. The van der Waals surface area contributed by atoms with Gasteiger partial charge in [0.15, 0.2) is 0 Å². The molecular formula is C18H19IN2O2. The number of para-hydroxylation sites is 2. The van der Waals surface area contributed by atoms with Crippen LogP contribution in [0.15, 0.2) is 48.5 Å². The zero-order chi connectivity index (χ0) is 17.5. The van der Waals surface area contributed by atoms with Crippen molar-refractivity contribution in [1.82, 2.24) is 0 Å². The summed E-state index contributed by atoms with van der Waals surface area (Å²) in [6.07, 6.45) is 4.53. The Morgan fingerprint density at radius 3 is 1.83 bits per heavy atom. The van der Waals surface area contributed by atoms with Crippen LogP contribution < -0.4 is 11.5 Å². The third kappa shape index (κ3) is 10.2. The van der Waals surface area contributed by atoms with E-state index in [1.165, 1.54) is 0 Å². The summed E-state index contributed by atoms with van der Waals surface area (Å²) in [7, 11) is 0. The molecule has 0 aliphatic carbocycles. The molecule has 0 aliphatic heterocycles. The van der Waals surface area contributed by atoms with Crippen molar-refractivity contribution < 1.29 is 10.2 Å². The van der Waals surface area contributed by atoms with Gasteiger partial charge in [0.2, 0.25) is 0 Å². The number of aliphatic hydroxyl groups is 2. The Hall–Kier alpha value is -2.19. The first-order valence-corrected chi connectivity index (χ1v) is 7.63. The monoisotopic (exact) mass is 422 g/mol. The number of aliphatic hydroxyl groups excluding tert-OH is 2. The maximum Gasteiger partial charge on any atom is 0.104 e. The van der Waals surface area contributed by atoms with Gasteiger partial charge in [-0.05, 0) is 46.9 Å². The van der Waals surface area contributed by atoms with Crippen LogP contribution in [-0.4, -0.2) is 23.4 Å². The Morgan fingerprint density at radius 2 is 1.43 bits per heavy atom. The highest BCUT2D eigenvalue weighted by Crippen LogP contribution is 2.11. The number of terminal acetylenes is 1. The quantitative estimate of drug-likeness (QED) is 0.297. The predicted molar refractivity (Wildman–Crippen MR) is 104 cm³/mol. The molecule has 0 unspecified atom stereocenters. The summed E-state index contributed by atoms with van der Waals surface area (Å²) in [4.78, 5) is 0. The molecule has 5 heteroatoms. The number of anilines is 2. The molecule has 6 N–H and O–H groups in total. The molecule has 0 fully saturated rings. The first kappa shape index (κ1) is 20.8. The van der Waals surface area contributed by atoms with E-state index in [2.05, 4.69) is 40.9 Å². The minimum absolute atomic E-state index is 0.131. The molecule has 0 aromatic heterocycles. The highest BCUT2D eigenvalue weighted by Gasteiger charge is 1.89. The maximum absolute atomic E-state index is 8.40. The van der Waals surface area contributed by atoms with Crippen molar-refractivity contribution in [1.29, 1.82) is 0 Å². The van der Waals surface area contributed by atoms with Gasteiger partial charge in [-0.25, -0.2) is 0 Å². The number of rotatable bonds is 0. The summed E-state index contributed by atoms with van der Waals surface area (Å²) in [6.45, 7) is -0.283. The summed E-state index contributed by atoms with van der Waals surface area (Å²) in [5.41, 5.74) is 13.4. The van der Waals surface area contributed by atoms with Crippen LogP contribution in [-0.2, 0) is 0 Å². The van der Waals surface area contributed by atoms with E-state index in [9.17, 15) is 0 Å². The van der Waals surface area contributed by atoms with E-state index in [1.807, 2.05) is 48.4 Å². The molecule has 2 aromatic carbocycles. The lowest BCUT2D eigenvalue weighted by molar-refractivity contribution is 0.350. The minimum Gasteiger partial charge on any atom is -0.398 e. The van der Waals surface area contributed by atoms with Crippen LogP contribution in [0.1, 0.15) is 5.56 Å². The van der Waals surface area contributed by atoms with E-state index in [-0.39, 0.29) is 13.2 Å². The molecule has 4 nitrogen and oxygen atoms in total. The summed E-state index contributed by atoms with van der Waals surface area (Å²) in [5.74, 6) is 7.25. The van der Waals surface area contributed by atoms with Gasteiger partial charge in [-0.3, -0.25) is 0 Å². The van der Waals surface area contributed by atoms with Crippen molar-refractivity contribution in [2.75, 3.05) is 24.7 Å². The largest absolute Gasteiger partial charge is 0.398 e. The van der Waals surface area contributed by atoms with Gasteiger partial charge in [0, 0.05) is 20.5 Å². The van der Waals surface area contributed by atoms with Crippen LogP contribution in [0.25, 0.3) is 0 Å². The number of nitrogens with two attached hydrogens (primary N) is 2. The minimum atomic E-state index is -0.153. The third-order valence-electron chi connectivity index (χ3n) is 2.26. The van der Waals surface area contributed by atoms with Gasteiger partial charge >= 0.3 is 0 Å². The average molecular weight is 422 g/mol. The average Bonchev–Trinajstić information content (AvgIpc) is 2.58. The van der Waals surface area contributed by atoms with Crippen LogP contribution >= 0.6 is 22.6 Å². The maximum atomic E-state index is 8.40. The van der Waals surface area contributed by atoms with Gasteiger partial charge in [-0.2, -0.15) is 0 Å². The van der Waals surface area contributed by atoms with Crippen molar-refractivity contribution in [3.63, 3.8) is 0 Å². The highest BCUT2D eigenvalue weighted by atomic mass is 127. The molecular weight excluding hydrogens is 403 g/mol. The Morgan fingerprint density at radius 1 is 0.913 bits per heavy atom. The molecule has 120 valence electrons. The number of benzene rings is 2. The third-order valence-corrected chi connectivity index (χ3v) is 3.24. The predicted octanol–water partition coefficient (Wildman–Crippen LogP) is 2.10. The topological polar surface area (TPSA) is 92.5 Å². The number of nitrogen functional groups attached to an aromatic ring is 2. The smallest absolute Gasteiger partial charge is 0.104 e.